The smallest absolute Gasteiger partial charge is 0.246 e. The van der Waals surface area contributed by atoms with Gasteiger partial charge in [-0.3, -0.25) is 19.6 Å². The standard InChI is InChI=1S/C28H27ClN4O2/c29-22-9-11-23(12-10-22)31-28(35)27(20-5-2-1-3-6-20)33-17-15-32(16-18-33)19-21-8-13-25(34)26-24(21)7-4-14-30-26/h1-14,27,34H,15-19H2,(H,31,35). The lowest BCUT2D eigenvalue weighted by molar-refractivity contribution is -0.122. The highest BCUT2D eigenvalue weighted by Crippen LogP contribution is 2.28. The van der Waals surface area contributed by atoms with Gasteiger partial charge in [0.05, 0.1) is 0 Å². The fourth-order valence-corrected chi connectivity index (χ4v) is 4.81. The molecule has 7 heteroatoms. The maximum absolute atomic E-state index is 13.4. The van der Waals surface area contributed by atoms with E-state index in [0.717, 1.165) is 54.9 Å². The van der Waals surface area contributed by atoms with Crippen LogP contribution in [0.25, 0.3) is 10.9 Å². The molecule has 0 aliphatic carbocycles. The molecule has 0 radical (unpaired) electrons. The van der Waals surface area contributed by atoms with Gasteiger partial charge in [0.15, 0.2) is 0 Å². The highest BCUT2D eigenvalue weighted by atomic mass is 35.5. The zero-order valence-corrected chi connectivity index (χ0v) is 20.0. The van der Waals surface area contributed by atoms with Crippen LogP contribution in [0.15, 0.2) is 85.1 Å². The summed E-state index contributed by atoms with van der Waals surface area (Å²) in [5.41, 5.74) is 3.47. The summed E-state index contributed by atoms with van der Waals surface area (Å²) in [7, 11) is 0. The molecule has 2 heterocycles. The van der Waals surface area contributed by atoms with Crippen molar-refractivity contribution < 1.29 is 9.90 Å². The Morgan fingerprint density at radius 1 is 0.943 bits per heavy atom. The first-order valence-electron chi connectivity index (χ1n) is 11.7. The Hall–Kier alpha value is -3.45. The summed E-state index contributed by atoms with van der Waals surface area (Å²) in [5.74, 6) is 0.147. The number of carbonyl (C=O) groups is 1. The van der Waals surface area contributed by atoms with Crippen LogP contribution in [0.3, 0.4) is 0 Å². The predicted octanol–water partition coefficient (Wildman–Crippen LogP) is 5.09. The average Bonchev–Trinajstić information content (AvgIpc) is 2.89. The highest BCUT2D eigenvalue weighted by molar-refractivity contribution is 6.30. The molecule has 4 aromatic rings. The number of aromatic hydroxyl groups is 1. The van der Waals surface area contributed by atoms with Crippen LogP contribution >= 0.6 is 11.6 Å². The van der Waals surface area contributed by atoms with Crippen LogP contribution < -0.4 is 5.32 Å². The van der Waals surface area contributed by atoms with Crippen molar-refractivity contribution >= 4 is 34.1 Å². The second-order valence-corrected chi connectivity index (χ2v) is 9.20. The largest absolute Gasteiger partial charge is 0.506 e. The number of aromatic nitrogens is 1. The van der Waals surface area contributed by atoms with Gasteiger partial charge in [-0.25, -0.2) is 0 Å². The normalized spacial score (nSPS) is 15.7. The summed E-state index contributed by atoms with van der Waals surface area (Å²) in [6.45, 7) is 3.97. The van der Waals surface area contributed by atoms with E-state index in [-0.39, 0.29) is 17.7 Å². The molecular weight excluding hydrogens is 460 g/mol. The molecule has 3 aromatic carbocycles. The minimum absolute atomic E-state index is 0.0532. The zero-order valence-electron chi connectivity index (χ0n) is 19.3. The van der Waals surface area contributed by atoms with Crippen molar-refractivity contribution in [1.82, 2.24) is 14.8 Å². The molecule has 0 saturated carbocycles. The van der Waals surface area contributed by atoms with Crippen molar-refractivity contribution in [2.45, 2.75) is 12.6 Å². The molecule has 0 bridgehead atoms. The van der Waals surface area contributed by atoms with Gasteiger partial charge < -0.3 is 10.4 Å². The molecule has 35 heavy (non-hydrogen) atoms. The van der Waals surface area contributed by atoms with Crippen molar-refractivity contribution in [3.63, 3.8) is 0 Å². The minimum Gasteiger partial charge on any atom is -0.506 e. The topological polar surface area (TPSA) is 68.7 Å². The van der Waals surface area contributed by atoms with E-state index in [1.165, 1.54) is 0 Å². The average molecular weight is 487 g/mol. The Labute approximate surface area is 209 Å². The first-order valence-corrected chi connectivity index (χ1v) is 12.1. The summed E-state index contributed by atoms with van der Waals surface area (Å²) >= 11 is 6.00. The molecule has 1 aliphatic rings. The van der Waals surface area contributed by atoms with Crippen LogP contribution in [-0.2, 0) is 11.3 Å². The number of phenolic OH excluding ortho intramolecular Hbond substituents is 1. The van der Waals surface area contributed by atoms with Crippen LogP contribution in [0, 0.1) is 0 Å². The predicted molar refractivity (Wildman–Crippen MR) is 140 cm³/mol. The number of nitrogens with zero attached hydrogens (tertiary/aromatic N) is 3. The molecular formula is C28H27ClN4O2. The number of amides is 1. The van der Waals surface area contributed by atoms with Crippen LogP contribution in [0.5, 0.6) is 5.75 Å². The Morgan fingerprint density at radius 2 is 1.69 bits per heavy atom. The van der Waals surface area contributed by atoms with Gasteiger partial charge in [-0.15, -0.1) is 0 Å². The molecule has 1 saturated heterocycles. The van der Waals surface area contributed by atoms with Crippen molar-refractivity contribution in [2.24, 2.45) is 0 Å². The number of nitrogens with one attached hydrogen (secondary N) is 1. The van der Waals surface area contributed by atoms with Gasteiger partial charge in [-0.2, -0.15) is 0 Å². The highest BCUT2D eigenvalue weighted by Gasteiger charge is 2.30. The van der Waals surface area contributed by atoms with Crippen molar-refractivity contribution in [1.29, 1.82) is 0 Å². The van der Waals surface area contributed by atoms with E-state index in [1.807, 2.05) is 60.7 Å². The van der Waals surface area contributed by atoms with Crippen molar-refractivity contribution in [2.75, 3.05) is 31.5 Å². The summed E-state index contributed by atoms with van der Waals surface area (Å²) < 4.78 is 0. The fraction of sp³-hybridized carbons (Fsp3) is 0.214. The molecule has 1 atom stereocenters. The van der Waals surface area contributed by atoms with Gasteiger partial charge in [0, 0.05) is 55.0 Å². The van der Waals surface area contributed by atoms with Gasteiger partial charge in [0.2, 0.25) is 5.91 Å². The summed E-state index contributed by atoms with van der Waals surface area (Å²) in [6.07, 6.45) is 1.70. The molecule has 1 aromatic heterocycles. The van der Waals surface area contributed by atoms with Crippen LogP contribution in [0.4, 0.5) is 5.69 Å². The third kappa shape index (κ3) is 5.30. The summed E-state index contributed by atoms with van der Waals surface area (Å²) in [6, 6.07) is 24.3. The van der Waals surface area contributed by atoms with E-state index < -0.39 is 0 Å². The Kier molecular flexibility index (Phi) is 6.95. The quantitative estimate of drug-likeness (QED) is 0.397. The number of hydrogen-bond donors (Lipinski definition) is 2. The SMILES string of the molecule is O=C(Nc1ccc(Cl)cc1)C(c1ccccc1)N1CCN(Cc2ccc(O)c3ncccc23)CC1. The van der Waals surface area contributed by atoms with E-state index in [4.69, 9.17) is 11.6 Å². The lowest BCUT2D eigenvalue weighted by Gasteiger charge is -2.39. The second-order valence-electron chi connectivity index (χ2n) is 8.76. The maximum Gasteiger partial charge on any atom is 0.246 e. The first-order chi connectivity index (χ1) is 17.1. The molecule has 5 rings (SSSR count). The monoisotopic (exact) mass is 486 g/mol. The van der Waals surface area contributed by atoms with Gasteiger partial charge in [-0.05, 0) is 47.5 Å². The number of anilines is 1. The van der Waals surface area contributed by atoms with Gasteiger partial charge in [-0.1, -0.05) is 54.1 Å². The number of rotatable bonds is 6. The maximum atomic E-state index is 13.4. The lowest BCUT2D eigenvalue weighted by atomic mass is 10.0. The Bertz CT molecular complexity index is 1310. The fourth-order valence-electron chi connectivity index (χ4n) is 4.68. The molecule has 178 valence electrons. The van der Waals surface area contributed by atoms with Gasteiger partial charge in [0.25, 0.3) is 0 Å². The Balaban J connectivity index is 1.30. The first kappa shape index (κ1) is 23.3. The van der Waals surface area contributed by atoms with E-state index in [2.05, 4.69) is 20.1 Å². The number of pyridine rings is 1. The lowest BCUT2D eigenvalue weighted by Crippen LogP contribution is -2.49. The summed E-state index contributed by atoms with van der Waals surface area (Å²) in [5, 5.41) is 14.8. The van der Waals surface area contributed by atoms with Crippen LogP contribution in [-0.4, -0.2) is 52.0 Å². The Morgan fingerprint density at radius 3 is 2.43 bits per heavy atom. The van der Waals surface area contributed by atoms with Gasteiger partial charge in [0.1, 0.15) is 17.3 Å². The molecule has 6 nitrogen and oxygen atoms in total. The number of hydrogen-bond acceptors (Lipinski definition) is 5. The second kappa shape index (κ2) is 10.4. The number of carbonyl (C=O) groups excluding carboxylic acids is 1. The number of piperazine rings is 1. The van der Waals surface area contributed by atoms with Crippen molar-refractivity contribution in [3.8, 4) is 5.75 Å². The third-order valence-electron chi connectivity index (χ3n) is 6.48. The van der Waals surface area contributed by atoms with E-state index in [0.29, 0.717) is 10.5 Å². The zero-order chi connectivity index (χ0) is 24.2. The van der Waals surface area contributed by atoms with E-state index >= 15 is 0 Å². The molecule has 1 fully saturated rings. The number of benzene rings is 3. The van der Waals surface area contributed by atoms with Gasteiger partial charge >= 0.3 is 0 Å². The number of fused-ring (bicyclic) bond motifs is 1. The number of halogens is 1. The number of phenols is 1. The van der Waals surface area contributed by atoms with Crippen molar-refractivity contribution in [3.05, 3.63) is 101 Å². The third-order valence-corrected chi connectivity index (χ3v) is 6.73. The molecule has 1 aliphatic heterocycles. The molecule has 2 N–H and O–H groups in total. The molecule has 1 amide bonds. The molecule has 0 spiro atoms. The van der Waals surface area contributed by atoms with Crippen LogP contribution in [0.2, 0.25) is 5.02 Å². The summed E-state index contributed by atoms with van der Waals surface area (Å²) in [4.78, 5) is 22.4. The van der Waals surface area contributed by atoms with E-state index in [1.54, 1.807) is 24.4 Å². The van der Waals surface area contributed by atoms with E-state index in [9.17, 15) is 9.90 Å². The molecule has 1 unspecified atom stereocenters. The minimum atomic E-state index is -0.382. The van der Waals surface area contributed by atoms with Crippen LogP contribution in [0.1, 0.15) is 17.2 Å².